The molecule has 7 nitrogen and oxygen atoms in total. The van der Waals surface area contributed by atoms with Crippen molar-refractivity contribution in [3.63, 3.8) is 0 Å². The van der Waals surface area contributed by atoms with Crippen molar-refractivity contribution in [1.29, 1.82) is 5.26 Å². The molecule has 1 atom stereocenters. The molecule has 3 aromatic rings. The summed E-state index contributed by atoms with van der Waals surface area (Å²) in [6.45, 7) is 1.77. The Balaban J connectivity index is 1.72. The molecule has 1 N–H and O–H groups in total. The van der Waals surface area contributed by atoms with Crippen LogP contribution in [0.2, 0.25) is 0 Å². The van der Waals surface area contributed by atoms with E-state index < -0.39 is 5.25 Å². The monoisotopic (exact) mass is 356 g/mol. The van der Waals surface area contributed by atoms with Gasteiger partial charge in [0, 0.05) is 0 Å². The predicted molar refractivity (Wildman–Crippen MR) is 92.1 cm³/mol. The number of tetrazole rings is 1. The van der Waals surface area contributed by atoms with E-state index in [0.717, 1.165) is 5.69 Å². The Kier molecular flexibility index (Phi) is 4.88. The lowest BCUT2D eigenvalue weighted by Gasteiger charge is -2.11. The molecule has 0 spiro atoms. The van der Waals surface area contributed by atoms with Gasteiger partial charge in [0.15, 0.2) is 0 Å². The predicted octanol–water partition coefficient (Wildman–Crippen LogP) is 2.71. The van der Waals surface area contributed by atoms with Crippen molar-refractivity contribution in [3.05, 3.63) is 47.3 Å². The molecule has 24 heavy (non-hydrogen) atoms. The first-order chi connectivity index (χ1) is 11.7. The number of benzene rings is 1. The molecule has 0 radical (unpaired) electrons. The smallest absolute Gasteiger partial charge is 0.238 e. The van der Waals surface area contributed by atoms with Crippen LogP contribution in [0, 0.1) is 11.3 Å². The zero-order valence-corrected chi connectivity index (χ0v) is 14.2. The largest absolute Gasteiger partial charge is 0.316 e. The highest BCUT2D eigenvalue weighted by Crippen LogP contribution is 2.26. The van der Waals surface area contributed by atoms with Gasteiger partial charge in [-0.2, -0.15) is 9.94 Å². The zero-order valence-electron chi connectivity index (χ0n) is 12.6. The molecule has 0 fully saturated rings. The van der Waals surface area contributed by atoms with Crippen LogP contribution in [0.5, 0.6) is 0 Å². The third kappa shape index (κ3) is 3.45. The van der Waals surface area contributed by atoms with E-state index in [9.17, 15) is 4.79 Å². The summed E-state index contributed by atoms with van der Waals surface area (Å²) in [6.07, 6.45) is 0. The summed E-state index contributed by atoms with van der Waals surface area (Å²) < 4.78 is 1.58. The highest BCUT2D eigenvalue weighted by atomic mass is 32.2. The normalized spacial score (nSPS) is 11.7. The molecule has 2 heterocycles. The lowest BCUT2D eigenvalue weighted by molar-refractivity contribution is -0.115. The second-order valence-electron chi connectivity index (χ2n) is 4.73. The van der Waals surface area contributed by atoms with Gasteiger partial charge >= 0.3 is 0 Å². The number of anilines is 1. The number of nitrogens with one attached hydrogen (secondary N) is 1. The molecule has 1 amide bonds. The molecule has 1 aromatic carbocycles. The van der Waals surface area contributed by atoms with E-state index in [0.29, 0.717) is 15.7 Å². The molecule has 0 aliphatic rings. The molecule has 120 valence electrons. The number of nitrogens with zero attached hydrogens (tertiary/aromatic N) is 5. The molecule has 9 heteroatoms. The van der Waals surface area contributed by atoms with Gasteiger partial charge in [-0.3, -0.25) is 4.79 Å². The number of para-hydroxylation sites is 1. The summed E-state index contributed by atoms with van der Waals surface area (Å²) in [5.74, 6) is -0.207. The Labute approximate surface area is 146 Å². The lowest BCUT2D eigenvalue weighted by Crippen LogP contribution is -2.22. The Morgan fingerprint density at radius 2 is 2.17 bits per heavy atom. The molecule has 0 unspecified atom stereocenters. The van der Waals surface area contributed by atoms with Crippen molar-refractivity contribution in [2.24, 2.45) is 0 Å². The van der Waals surface area contributed by atoms with Crippen LogP contribution in [-0.2, 0) is 4.79 Å². The minimum Gasteiger partial charge on any atom is -0.316 e. The number of thioether (sulfide) groups is 1. The standard InChI is InChI=1S/C15H12N6OS2/c1-10(13(22)17-14-11(9-16)7-8-23-14)24-15-18-19-20-21(15)12-5-3-2-4-6-12/h2-8,10H,1H3,(H,17,22)/t10-/m1/s1. The minimum atomic E-state index is -0.424. The Morgan fingerprint density at radius 1 is 1.38 bits per heavy atom. The summed E-state index contributed by atoms with van der Waals surface area (Å²) in [4.78, 5) is 12.3. The van der Waals surface area contributed by atoms with E-state index in [4.69, 9.17) is 5.26 Å². The molecule has 3 rings (SSSR count). The molecular formula is C15H12N6OS2. The lowest BCUT2D eigenvalue weighted by atomic mass is 10.3. The molecular weight excluding hydrogens is 344 g/mol. The van der Waals surface area contributed by atoms with Crippen LogP contribution in [0.15, 0.2) is 46.9 Å². The van der Waals surface area contributed by atoms with Gasteiger partial charge < -0.3 is 5.32 Å². The maximum Gasteiger partial charge on any atom is 0.238 e. The fraction of sp³-hybridized carbons (Fsp3) is 0.133. The number of aromatic nitrogens is 4. The Bertz CT molecular complexity index is 883. The molecule has 0 bridgehead atoms. The molecule has 0 saturated carbocycles. The topological polar surface area (TPSA) is 96.5 Å². The first kappa shape index (κ1) is 16.2. The summed E-state index contributed by atoms with van der Waals surface area (Å²) >= 11 is 2.57. The van der Waals surface area contributed by atoms with Gasteiger partial charge in [0.05, 0.1) is 16.5 Å². The maximum atomic E-state index is 12.3. The van der Waals surface area contributed by atoms with E-state index in [1.807, 2.05) is 36.4 Å². The average molecular weight is 356 g/mol. The molecule has 2 aromatic heterocycles. The van der Waals surface area contributed by atoms with Gasteiger partial charge in [-0.1, -0.05) is 30.0 Å². The molecule has 0 saturated heterocycles. The molecule has 0 aliphatic carbocycles. The van der Waals surface area contributed by atoms with Gasteiger partial charge in [0.1, 0.15) is 11.1 Å². The average Bonchev–Trinajstić information content (AvgIpc) is 3.24. The fourth-order valence-electron chi connectivity index (χ4n) is 1.90. The van der Waals surface area contributed by atoms with Crippen LogP contribution >= 0.6 is 23.1 Å². The van der Waals surface area contributed by atoms with Crippen LogP contribution in [0.3, 0.4) is 0 Å². The van der Waals surface area contributed by atoms with Gasteiger partial charge in [0.25, 0.3) is 0 Å². The van der Waals surface area contributed by atoms with Gasteiger partial charge in [-0.05, 0) is 40.9 Å². The van der Waals surface area contributed by atoms with Crippen molar-refractivity contribution in [3.8, 4) is 11.8 Å². The number of thiophene rings is 1. The van der Waals surface area contributed by atoms with Gasteiger partial charge in [-0.25, -0.2) is 0 Å². The van der Waals surface area contributed by atoms with Crippen molar-refractivity contribution < 1.29 is 4.79 Å². The number of amides is 1. The first-order valence-corrected chi connectivity index (χ1v) is 8.74. The van der Waals surface area contributed by atoms with Crippen molar-refractivity contribution >= 4 is 34.0 Å². The van der Waals surface area contributed by atoms with Gasteiger partial charge in [-0.15, -0.1) is 16.4 Å². The minimum absolute atomic E-state index is 0.207. The summed E-state index contributed by atoms with van der Waals surface area (Å²) in [7, 11) is 0. The van der Waals surface area contributed by atoms with Crippen molar-refractivity contribution in [2.45, 2.75) is 17.3 Å². The van der Waals surface area contributed by atoms with Gasteiger partial charge in [0.2, 0.25) is 11.1 Å². The SMILES string of the molecule is C[C@@H](Sc1nnnn1-c1ccccc1)C(=O)Nc1sccc1C#N. The maximum absolute atomic E-state index is 12.3. The fourth-order valence-corrected chi connectivity index (χ4v) is 3.45. The number of rotatable bonds is 5. The third-order valence-corrected chi connectivity index (χ3v) is 4.98. The van der Waals surface area contributed by atoms with E-state index in [1.165, 1.54) is 23.1 Å². The van der Waals surface area contributed by atoms with Crippen molar-refractivity contribution in [1.82, 2.24) is 20.2 Å². The quantitative estimate of drug-likeness (QED) is 0.706. The first-order valence-electron chi connectivity index (χ1n) is 6.98. The number of carbonyl (C=O) groups excluding carboxylic acids is 1. The molecule has 0 aliphatic heterocycles. The summed E-state index contributed by atoms with van der Waals surface area (Å²) in [6, 6.07) is 13.2. The van der Waals surface area contributed by atoms with Crippen LogP contribution in [0.1, 0.15) is 12.5 Å². The highest BCUT2D eigenvalue weighted by Gasteiger charge is 2.20. The third-order valence-electron chi connectivity index (χ3n) is 3.12. The Morgan fingerprint density at radius 3 is 2.92 bits per heavy atom. The number of carbonyl (C=O) groups is 1. The van der Waals surface area contributed by atoms with E-state index >= 15 is 0 Å². The van der Waals surface area contributed by atoms with Crippen LogP contribution in [0.4, 0.5) is 5.00 Å². The number of hydrogen-bond acceptors (Lipinski definition) is 7. The van der Waals surface area contributed by atoms with E-state index in [2.05, 4.69) is 20.8 Å². The highest BCUT2D eigenvalue weighted by molar-refractivity contribution is 8.00. The Hall–Kier alpha value is -2.70. The second-order valence-corrected chi connectivity index (χ2v) is 6.96. The van der Waals surface area contributed by atoms with Crippen molar-refractivity contribution in [2.75, 3.05) is 5.32 Å². The van der Waals surface area contributed by atoms with Crippen LogP contribution < -0.4 is 5.32 Å². The van der Waals surface area contributed by atoms with E-state index in [1.54, 1.807) is 23.1 Å². The zero-order chi connectivity index (χ0) is 16.9. The second kappa shape index (κ2) is 7.25. The number of nitriles is 1. The van der Waals surface area contributed by atoms with Crippen LogP contribution in [0.25, 0.3) is 5.69 Å². The van der Waals surface area contributed by atoms with E-state index in [-0.39, 0.29) is 5.91 Å². The summed E-state index contributed by atoms with van der Waals surface area (Å²) in [5, 5.41) is 25.8. The summed E-state index contributed by atoms with van der Waals surface area (Å²) in [5.41, 5.74) is 1.28. The number of hydrogen-bond donors (Lipinski definition) is 1. The van der Waals surface area contributed by atoms with Crippen LogP contribution in [-0.4, -0.2) is 31.4 Å².